The minimum atomic E-state index is -1.03. The molecule has 1 unspecified atom stereocenters. The second-order valence-electron chi connectivity index (χ2n) is 6.24. The molecule has 1 aromatic carbocycles. The second-order valence-corrected chi connectivity index (χ2v) is 6.24. The van der Waals surface area contributed by atoms with E-state index in [1.54, 1.807) is 4.90 Å². The molecule has 0 aromatic heterocycles. The van der Waals surface area contributed by atoms with Crippen molar-refractivity contribution in [3.8, 4) is 0 Å². The van der Waals surface area contributed by atoms with Crippen LogP contribution < -0.4 is 5.73 Å². The SMILES string of the molecule is COCC1(C(N)=O)CCCN1C(=O)c1ccc2c(c1)CCC=C2. The molecule has 1 aromatic rings. The summed E-state index contributed by atoms with van der Waals surface area (Å²) in [6.07, 6.45) is 7.46. The van der Waals surface area contributed by atoms with Crippen LogP contribution in [0.5, 0.6) is 0 Å². The fourth-order valence-electron chi connectivity index (χ4n) is 3.61. The highest BCUT2D eigenvalue weighted by Crippen LogP contribution is 2.32. The van der Waals surface area contributed by atoms with Gasteiger partial charge in [0.15, 0.2) is 0 Å². The smallest absolute Gasteiger partial charge is 0.254 e. The van der Waals surface area contributed by atoms with Gasteiger partial charge in [0.25, 0.3) is 5.91 Å². The largest absolute Gasteiger partial charge is 0.382 e. The molecule has 1 fully saturated rings. The minimum absolute atomic E-state index is 0.141. The number of carbonyl (C=O) groups excluding carboxylic acids is 2. The maximum absolute atomic E-state index is 13.0. The Hall–Kier alpha value is -2.14. The van der Waals surface area contributed by atoms with Crippen molar-refractivity contribution in [2.24, 2.45) is 5.73 Å². The van der Waals surface area contributed by atoms with E-state index in [1.165, 1.54) is 12.7 Å². The number of rotatable bonds is 4. The molecule has 1 aliphatic carbocycles. The van der Waals surface area contributed by atoms with Crippen LogP contribution in [-0.4, -0.2) is 42.5 Å². The van der Waals surface area contributed by atoms with E-state index in [0.717, 1.165) is 24.8 Å². The zero-order valence-corrected chi connectivity index (χ0v) is 13.4. The first-order valence-corrected chi connectivity index (χ1v) is 7.99. The lowest BCUT2D eigenvalue weighted by Crippen LogP contribution is -2.58. The van der Waals surface area contributed by atoms with Gasteiger partial charge in [-0.25, -0.2) is 0 Å². The zero-order valence-electron chi connectivity index (χ0n) is 13.4. The lowest BCUT2D eigenvalue weighted by Gasteiger charge is -2.35. The number of benzene rings is 1. The summed E-state index contributed by atoms with van der Waals surface area (Å²) in [5.41, 5.74) is 7.54. The van der Waals surface area contributed by atoms with Gasteiger partial charge >= 0.3 is 0 Å². The Kier molecular flexibility index (Phi) is 4.22. The summed E-state index contributed by atoms with van der Waals surface area (Å²) in [6.45, 7) is 0.671. The molecule has 2 amide bonds. The zero-order chi connectivity index (χ0) is 16.4. The monoisotopic (exact) mass is 314 g/mol. The van der Waals surface area contributed by atoms with Crippen molar-refractivity contribution in [2.45, 2.75) is 31.2 Å². The van der Waals surface area contributed by atoms with Gasteiger partial charge in [-0.3, -0.25) is 9.59 Å². The highest BCUT2D eigenvalue weighted by Gasteiger charge is 2.48. The first kappa shape index (κ1) is 15.7. The van der Waals surface area contributed by atoms with Crippen LogP contribution in [0, 0.1) is 0 Å². The number of amides is 2. The van der Waals surface area contributed by atoms with Gasteiger partial charge in [0.05, 0.1) is 6.61 Å². The van der Waals surface area contributed by atoms with Crippen molar-refractivity contribution in [3.63, 3.8) is 0 Å². The predicted octanol–water partition coefficient (Wildman–Crippen LogP) is 1.75. The average Bonchev–Trinajstić information content (AvgIpc) is 2.99. The number of hydrogen-bond acceptors (Lipinski definition) is 3. The molecule has 122 valence electrons. The van der Waals surface area contributed by atoms with E-state index in [1.807, 2.05) is 18.2 Å². The molecular formula is C18H22N2O3. The molecule has 0 saturated carbocycles. The molecule has 1 heterocycles. The summed E-state index contributed by atoms with van der Waals surface area (Å²) in [5.74, 6) is -0.637. The number of aryl methyl sites for hydroxylation is 1. The lowest BCUT2D eigenvalue weighted by atomic mass is 9.93. The van der Waals surface area contributed by atoms with Crippen molar-refractivity contribution >= 4 is 17.9 Å². The third-order valence-electron chi connectivity index (χ3n) is 4.84. The normalized spacial score (nSPS) is 22.9. The number of allylic oxidation sites excluding steroid dienone is 1. The number of fused-ring (bicyclic) bond motifs is 1. The Morgan fingerprint density at radius 2 is 2.22 bits per heavy atom. The maximum Gasteiger partial charge on any atom is 0.254 e. The summed E-state index contributed by atoms with van der Waals surface area (Å²) < 4.78 is 5.19. The van der Waals surface area contributed by atoms with Crippen LogP contribution >= 0.6 is 0 Å². The Labute approximate surface area is 136 Å². The van der Waals surface area contributed by atoms with Gasteiger partial charge in [0.2, 0.25) is 5.91 Å². The van der Waals surface area contributed by atoms with Crippen molar-refractivity contribution < 1.29 is 14.3 Å². The van der Waals surface area contributed by atoms with Crippen LogP contribution in [-0.2, 0) is 16.0 Å². The first-order valence-electron chi connectivity index (χ1n) is 7.99. The van der Waals surface area contributed by atoms with Crippen LogP contribution in [0.15, 0.2) is 24.3 Å². The molecule has 5 nitrogen and oxygen atoms in total. The fourth-order valence-corrected chi connectivity index (χ4v) is 3.61. The Morgan fingerprint density at radius 3 is 2.96 bits per heavy atom. The Bertz CT molecular complexity index is 668. The van der Waals surface area contributed by atoms with Gasteiger partial charge in [-0.1, -0.05) is 18.2 Å². The van der Waals surface area contributed by atoms with Gasteiger partial charge in [0.1, 0.15) is 5.54 Å². The first-order chi connectivity index (χ1) is 11.1. The molecule has 23 heavy (non-hydrogen) atoms. The number of carbonyl (C=O) groups is 2. The van der Waals surface area contributed by atoms with Crippen LogP contribution in [0.1, 0.15) is 40.7 Å². The van der Waals surface area contributed by atoms with Crippen molar-refractivity contribution in [1.82, 2.24) is 4.90 Å². The fraction of sp³-hybridized carbons (Fsp3) is 0.444. The summed E-state index contributed by atoms with van der Waals surface area (Å²) in [6, 6.07) is 5.74. The van der Waals surface area contributed by atoms with E-state index in [9.17, 15) is 9.59 Å². The van der Waals surface area contributed by atoms with E-state index in [4.69, 9.17) is 10.5 Å². The summed E-state index contributed by atoms with van der Waals surface area (Å²) >= 11 is 0. The lowest BCUT2D eigenvalue weighted by molar-refractivity contribution is -0.130. The van der Waals surface area contributed by atoms with E-state index in [-0.39, 0.29) is 12.5 Å². The van der Waals surface area contributed by atoms with Crippen molar-refractivity contribution in [2.75, 3.05) is 20.3 Å². The van der Waals surface area contributed by atoms with E-state index < -0.39 is 11.4 Å². The number of nitrogens with zero attached hydrogens (tertiary/aromatic N) is 1. The molecule has 1 aliphatic heterocycles. The van der Waals surface area contributed by atoms with Crippen LogP contribution in [0.4, 0.5) is 0 Å². The van der Waals surface area contributed by atoms with Crippen molar-refractivity contribution in [3.05, 3.63) is 41.0 Å². The summed E-state index contributed by atoms with van der Waals surface area (Å²) in [4.78, 5) is 26.6. The van der Waals surface area contributed by atoms with Crippen molar-refractivity contribution in [1.29, 1.82) is 0 Å². The molecule has 3 rings (SSSR count). The molecular weight excluding hydrogens is 292 g/mol. The van der Waals surface area contributed by atoms with Gasteiger partial charge in [-0.05, 0) is 48.9 Å². The summed E-state index contributed by atoms with van der Waals surface area (Å²) in [7, 11) is 1.52. The Morgan fingerprint density at radius 1 is 1.39 bits per heavy atom. The third kappa shape index (κ3) is 2.65. The van der Waals surface area contributed by atoms with Crippen LogP contribution in [0.3, 0.4) is 0 Å². The maximum atomic E-state index is 13.0. The van der Waals surface area contributed by atoms with Gasteiger partial charge in [-0.15, -0.1) is 0 Å². The minimum Gasteiger partial charge on any atom is -0.382 e. The van der Waals surface area contributed by atoms with Crippen LogP contribution in [0.25, 0.3) is 6.08 Å². The molecule has 0 spiro atoms. The molecule has 0 radical (unpaired) electrons. The summed E-state index contributed by atoms with van der Waals surface area (Å²) in [5, 5.41) is 0. The molecule has 1 saturated heterocycles. The molecule has 2 aliphatic rings. The number of likely N-dealkylation sites (tertiary alicyclic amines) is 1. The predicted molar refractivity (Wildman–Crippen MR) is 87.9 cm³/mol. The van der Waals surface area contributed by atoms with E-state index in [2.05, 4.69) is 12.2 Å². The number of hydrogen-bond donors (Lipinski definition) is 1. The average molecular weight is 314 g/mol. The highest BCUT2D eigenvalue weighted by atomic mass is 16.5. The molecule has 5 heteroatoms. The third-order valence-corrected chi connectivity index (χ3v) is 4.84. The topological polar surface area (TPSA) is 72.6 Å². The van der Waals surface area contributed by atoms with Gasteiger partial charge in [0, 0.05) is 19.2 Å². The standard InChI is InChI=1S/C18H22N2O3/c1-23-12-18(17(19)22)9-4-10-20(18)16(21)15-8-7-13-5-2-3-6-14(13)11-15/h2,5,7-8,11H,3-4,6,9-10,12H2,1H3,(H2,19,22). The van der Waals surface area contributed by atoms with Gasteiger partial charge in [-0.2, -0.15) is 0 Å². The number of ether oxygens (including phenoxy) is 1. The van der Waals surface area contributed by atoms with Gasteiger partial charge < -0.3 is 15.4 Å². The number of primary amides is 1. The molecule has 0 bridgehead atoms. The van der Waals surface area contributed by atoms with Crippen LogP contribution in [0.2, 0.25) is 0 Å². The number of methoxy groups -OCH3 is 1. The van der Waals surface area contributed by atoms with E-state index in [0.29, 0.717) is 18.5 Å². The number of nitrogens with two attached hydrogens (primary N) is 1. The highest BCUT2D eigenvalue weighted by molar-refractivity contribution is 5.99. The molecule has 1 atom stereocenters. The Balaban J connectivity index is 1.93. The quantitative estimate of drug-likeness (QED) is 0.920. The van der Waals surface area contributed by atoms with E-state index >= 15 is 0 Å². The second kappa shape index (κ2) is 6.16. The molecule has 2 N–H and O–H groups in total.